The molecule has 3 aromatic rings. The summed E-state index contributed by atoms with van der Waals surface area (Å²) in [5.41, 5.74) is 1.50. The molecule has 0 spiro atoms. The number of thiazole rings is 1. The molecule has 2 N–H and O–H groups in total. The summed E-state index contributed by atoms with van der Waals surface area (Å²) in [6.07, 6.45) is 2.15. The molecule has 0 radical (unpaired) electrons. The first-order valence-electron chi connectivity index (χ1n) is 11.1. The number of benzene rings is 2. The third kappa shape index (κ3) is 6.16. The number of nitrogens with zero attached hydrogens (tertiary/aromatic N) is 1. The van der Waals surface area contributed by atoms with Crippen molar-refractivity contribution in [1.29, 1.82) is 0 Å². The van der Waals surface area contributed by atoms with Gasteiger partial charge in [0.2, 0.25) is 5.91 Å². The Morgan fingerprint density at radius 3 is 2.60 bits per heavy atom. The van der Waals surface area contributed by atoms with Crippen molar-refractivity contribution in [3.63, 3.8) is 0 Å². The van der Waals surface area contributed by atoms with E-state index in [0.717, 1.165) is 17.7 Å². The van der Waals surface area contributed by atoms with Crippen molar-refractivity contribution in [3.8, 4) is 16.2 Å². The third-order valence-electron chi connectivity index (χ3n) is 5.67. The van der Waals surface area contributed by atoms with Gasteiger partial charge in [-0.2, -0.15) is 0 Å². The average molecular weight is 520 g/mol. The minimum Gasteiger partial charge on any atom is -0.495 e. The van der Waals surface area contributed by atoms with Crippen molar-refractivity contribution < 1.29 is 27.1 Å². The van der Waals surface area contributed by atoms with Crippen molar-refractivity contribution >= 4 is 38.1 Å². The normalized spacial score (nSPS) is 14.5. The van der Waals surface area contributed by atoms with Crippen LogP contribution in [0.25, 0.3) is 10.4 Å². The molecule has 0 saturated carbocycles. The number of aryl methyl sites for hydroxylation is 1. The Labute approximate surface area is 207 Å². The summed E-state index contributed by atoms with van der Waals surface area (Å²) in [6.45, 7) is 3.16. The first-order chi connectivity index (χ1) is 16.7. The molecule has 186 valence electrons. The molecular weight excluding hydrogens is 493 g/mol. The fourth-order valence-corrected chi connectivity index (χ4v) is 6.09. The Kier molecular flexibility index (Phi) is 7.68. The lowest BCUT2D eigenvalue weighted by Gasteiger charge is -2.20. The van der Waals surface area contributed by atoms with Crippen LogP contribution in [-0.2, 0) is 19.6 Å². The first-order valence-corrected chi connectivity index (χ1v) is 13.4. The molecule has 2 aromatic carbocycles. The number of carbonyl (C=O) groups excluding carboxylic acids is 1. The lowest BCUT2D eigenvalue weighted by molar-refractivity contribution is -0.117. The fourth-order valence-electron chi connectivity index (χ4n) is 3.86. The second-order valence-corrected chi connectivity index (χ2v) is 10.9. The van der Waals surface area contributed by atoms with E-state index < -0.39 is 15.8 Å². The topological polar surface area (TPSA) is 107 Å². The third-order valence-corrected chi connectivity index (χ3v) is 8.19. The molecule has 0 bridgehead atoms. The van der Waals surface area contributed by atoms with Gasteiger partial charge < -0.3 is 14.8 Å². The highest BCUT2D eigenvalue weighted by Gasteiger charge is 2.23. The Bertz CT molecular complexity index is 1300. The summed E-state index contributed by atoms with van der Waals surface area (Å²) >= 11 is 1.28. The number of anilines is 2. The Balaban J connectivity index is 1.56. The number of carbonyl (C=O) groups is 1. The van der Waals surface area contributed by atoms with Crippen LogP contribution in [0.5, 0.6) is 5.75 Å². The number of methoxy groups -OCH3 is 1. The standard InChI is InChI=1S/C24H26FN3O5S2/c1-15-23(34-24(26-15)27-22(29)13-16-9-11-33-12-10-16)17-3-8-20(32-2)21(14-17)35(30,31)28-19-6-4-18(25)5-7-19/h3-8,14,16,28H,9-13H2,1-2H3,(H,26,27,29). The van der Waals surface area contributed by atoms with E-state index in [9.17, 15) is 17.6 Å². The van der Waals surface area contributed by atoms with Crippen LogP contribution in [0, 0.1) is 18.7 Å². The van der Waals surface area contributed by atoms with Gasteiger partial charge >= 0.3 is 0 Å². The summed E-state index contributed by atoms with van der Waals surface area (Å²) in [5, 5.41) is 3.32. The molecule has 2 heterocycles. The maximum Gasteiger partial charge on any atom is 0.265 e. The number of rotatable bonds is 8. The van der Waals surface area contributed by atoms with Crippen molar-refractivity contribution in [1.82, 2.24) is 4.98 Å². The summed E-state index contributed by atoms with van der Waals surface area (Å²) in [4.78, 5) is 17.6. The van der Waals surface area contributed by atoms with E-state index in [1.54, 1.807) is 19.1 Å². The van der Waals surface area contributed by atoms with Gasteiger partial charge in [-0.05, 0) is 73.7 Å². The average Bonchev–Trinajstić information content (AvgIpc) is 3.20. The molecule has 1 fully saturated rings. The van der Waals surface area contributed by atoms with Crippen molar-refractivity contribution in [3.05, 3.63) is 54.0 Å². The van der Waals surface area contributed by atoms with Crippen LogP contribution in [0.1, 0.15) is 25.0 Å². The van der Waals surface area contributed by atoms with E-state index in [0.29, 0.717) is 41.9 Å². The molecule has 1 aromatic heterocycles. The largest absolute Gasteiger partial charge is 0.495 e. The van der Waals surface area contributed by atoms with Gasteiger partial charge in [0.25, 0.3) is 10.0 Å². The minimum atomic E-state index is -4.03. The molecule has 35 heavy (non-hydrogen) atoms. The molecule has 0 aliphatic carbocycles. The second kappa shape index (κ2) is 10.7. The van der Waals surface area contributed by atoms with Gasteiger partial charge in [0.1, 0.15) is 16.5 Å². The molecule has 1 aliphatic rings. The predicted molar refractivity (Wildman–Crippen MR) is 133 cm³/mol. The Hall–Kier alpha value is -3.02. The molecule has 1 saturated heterocycles. The zero-order chi connectivity index (χ0) is 25.0. The lowest BCUT2D eigenvalue weighted by atomic mass is 9.96. The molecule has 11 heteroatoms. The van der Waals surface area contributed by atoms with E-state index in [2.05, 4.69) is 15.0 Å². The number of halogens is 1. The molecule has 1 aliphatic heterocycles. The van der Waals surface area contributed by atoms with Crippen molar-refractivity contribution in [2.45, 2.75) is 31.1 Å². The van der Waals surface area contributed by atoms with Gasteiger partial charge in [0.05, 0.1) is 17.7 Å². The molecule has 0 unspecified atom stereocenters. The van der Waals surface area contributed by atoms with E-state index in [-0.39, 0.29) is 22.2 Å². The van der Waals surface area contributed by atoms with Gasteiger partial charge in [-0.15, -0.1) is 0 Å². The van der Waals surface area contributed by atoms with Crippen LogP contribution in [0.3, 0.4) is 0 Å². The van der Waals surface area contributed by atoms with Crippen LogP contribution in [0.2, 0.25) is 0 Å². The maximum absolute atomic E-state index is 13.2. The summed E-state index contributed by atoms with van der Waals surface area (Å²) in [7, 11) is -2.65. The van der Waals surface area contributed by atoms with Crippen LogP contribution < -0.4 is 14.8 Å². The second-order valence-electron chi connectivity index (χ2n) is 8.22. The molecule has 0 atom stereocenters. The number of ether oxygens (including phenoxy) is 2. The zero-order valence-electron chi connectivity index (χ0n) is 19.3. The monoisotopic (exact) mass is 519 g/mol. The van der Waals surface area contributed by atoms with E-state index in [1.807, 2.05) is 0 Å². The Morgan fingerprint density at radius 1 is 1.20 bits per heavy atom. The molecule has 8 nitrogen and oxygen atoms in total. The van der Waals surface area contributed by atoms with Gasteiger partial charge in [0.15, 0.2) is 5.13 Å². The summed E-state index contributed by atoms with van der Waals surface area (Å²) in [6, 6.07) is 9.83. The minimum absolute atomic E-state index is 0.0697. The smallest absolute Gasteiger partial charge is 0.265 e. The van der Waals surface area contributed by atoms with Gasteiger partial charge in [0, 0.05) is 25.3 Å². The predicted octanol–water partition coefficient (Wildman–Crippen LogP) is 4.82. The highest BCUT2D eigenvalue weighted by atomic mass is 32.2. The van der Waals surface area contributed by atoms with Gasteiger partial charge in [-0.3, -0.25) is 9.52 Å². The van der Waals surface area contributed by atoms with Crippen LogP contribution in [0.15, 0.2) is 47.4 Å². The number of hydrogen-bond acceptors (Lipinski definition) is 7. The quantitative estimate of drug-likeness (QED) is 0.442. The maximum atomic E-state index is 13.2. The van der Waals surface area contributed by atoms with E-state index in [1.165, 1.54) is 48.8 Å². The number of sulfonamides is 1. The number of nitrogens with one attached hydrogen (secondary N) is 2. The Morgan fingerprint density at radius 2 is 1.91 bits per heavy atom. The SMILES string of the molecule is COc1ccc(-c2sc(NC(=O)CC3CCOCC3)nc2C)cc1S(=O)(=O)Nc1ccc(F)cc1. The molecule has 4 rings (SSSR count). The fraction of sp³-hybridized carbons (Fsp3) is 0.333. The van der Waals surface area contributed by atoms with Crippen LogP contribution >= 0.6 is 11.3 Å². The van der Waals surface area contributed by atoms with Crippen LogP contribution in [0.4, 0.5) is 15.2 Å². The van der Waals surface area contributed by atoms with Gasteiger partial charge in [-0.1, -0.05) is 11.3 Å². The molecule has 1 amide bonds. The number of hydrogen-bond donors (Lipinski definition) is 2. The van der Waals surface area contributed by atoms with Crippen LogP contribution in [-0.4, -0.2) is 39.6 Å². The number of aromatic nitrogens is 1. The van der Waals surface area contributed by atoms with E-state index >= 15 is 0 Å². The van der Waals surface area contributed by atoms with Crippen molar-refractivity contribution in [2.24, 2.45) is 5.92 Å². The summed E-state index contributed by atoms with van der Waals surface area (Å²) in [5.74, 6) is -0.106. The van der Waals surface area contributed by atoms with Gasteiger partial charge in [-0.25, -0.2) is 17.8 Å². The highest BCUT2D eigenvalue weighted by Crippen LogP contribution is 2.37. The highest BCUT2D eigenvalue weighted by molar-refractivity contribution is 7.92. The first kappa shape index (κ1) is 25.1. The summed E-state index contributed by atoms with van der Waals surface area (Å²) < 4.78 is 52.5. The zero-order valence-corrected chi connectivity index (χ0v) is 21.0. The van der Waals surface area contributed by atoms with E-state index in [4.69, 9.17) is 9.47 Å². The lowest BCUT2D eigenvalue weighted by Crippen LogP contribution is -2.22. The number of amides is 1. The molecular formula is C24H26FN3O5S2. The van der Waals surface area contributed by atoms with Crippen molar-refractivity contribution in [2.75, 3.05) is 30.4 Å².